The van der Waals surface area contributed by atoms with E-state index in [1.807, 2.05) is 25.1 Å². The fourth-order valence-electron chi connectivity index (χ4n) is 1.56. The number of benzene rings is 1. The summed E-state index contributed by atoms with van der Waals surface area (Å²) >= 11 is 0.915. The van der Waals surface area contributed by atoms with Crippen molar-refractivity contribution in [2.75, 3.05) is 7.11 Å². The number of carbonyl (C=O) groups is 2. The summed E-state index contributed by atoms with van der Waals surface area (Å²) in [4.78, 5) is 22.8. The number of nitrogens with one attached hydrogen (secondary N) is 1. The summed E-state index contributed by atoms with van der Waals surface area (Å²) in [6.07, 6.45) is 1.69. The molecule has 5 heteroatoms. The third-order valence-corrected chi connectivity index (χ3v) is 3.17. The van der Waals surface area contributed by atoms with E-state index in [1.54, 1.807) is 13.2 Å². The van der Waals surface area contributed by atoms with Crippen molar-refractivity contribution in [3.05, 3.63) is 34.2 Å². The highest BCUT2D eigenvalue weighted by atomic mass is 32.2. The zero-order chi connectivity index (χ0) is 12.4. The molecule has 0 spiro atoms. The first kappa shape index (κ1) is 11.7. The van der Waals surface area contributed by atoms with Gasteiger partial charge in [-0.05, 0) is 48.0 Å². The summed E-state index contributed by atoms with van der Waals surface area (Å²) in [6, 6.07) is 5.58. The van der Waals surface area contributed by atoms with Crippen LogP contribution in [0.15, 0.2) is 23.1 Å². The molecule has 0 saturated carbocycles. The molecule has 4 nitrogen and oxygen atoms in total. The first-order valence-electron chi connectivity index (χ1n) is 4.99. The summed E-state index contributed by atoms with van der Waals surface area (Å²) in [5.74, 6) is 0.459. The van der Waals surface area contributed by atoms with Gasteiger partial charge in [-0.2, -0.15) is 0 Å². The number of aryl methyl sites for hydroxylation is 1. The van der Waals surface area contributed by atoms with Crippen LogP contribution in [-0.4, -0.2) is 18.3 Å². The molecule has 1 fully saturated rings. The topological polar surface area (TPSA) is 55.4 Å². The standard InChI is InChI=1S/C12H11NO3S/c1-7-5-8(3-4-9(7)16-2)6-10-11(14)13-12(15)17-10/h3-6H,1-2H3,(H,13,14,15). The molecule has 0 unspecified atom stereocenters. The third-order valence-electron chi connectivity index (χ3n) is 2.36. The second-order valence-electron chi connectivity index (χ2n) is 3.58. The maximum Gasteiger partial charge on any atom is 0.290 e. The average Bonchev–Trinajstić information content (AvgIpc) is 2.58. The lowest BCUT2D eigenvalue weighted by Gasteiger charge is -2.04. The number of ether oxygens (including phenoxy) is 1. The van der Waals surface area contributed by atoms with Gasteiger partial charge in [-0.3, -0.25) is 14.9 Å². The Labute approximate surface area is 103 Å². The molecule has 1 heterocycles. The summed E-state index contributed by atoms with van der Waals surface area (Å²) in [5, 5.41) is 1.89. The predicted octanol–water partition coefficient (Wildman–Crippen LogP) is 2.33. The van der Waals surface area contributed by atoms with Gasteiger partial charge in [-0.25, -0.2) is 0 Å². The molecule has 17 heavy (non-hydrogen) atoms. The molecule has 2 rings (SSSR count). The van der Waals surface area contributed by atoms with Gasteiger partial charge in [0.1, 0.15) is 5.75 Å². The molecule has 0 atom stereocenters. The van der Waals surface area contributed by atoms with Crippen molar-refractivity contribution in [1.29, 1.82) is 0 Å². The van der Waals surface area contributed by atoms with Gasteiger partial charge in [0.15, 0.2) is 0 Å². The number of carbonyl (C=O) groups excluding carboxylic acids is 2. The molecule has 1 N–H and O–H groups in total. The lowest BCUT2D eigenvalue weighted by atomic mass is 10.1. The highest BCUT2D eigenvalue weighted by molar-refractivity contribution is 8.18. The van der Waals surface area contributed by atoms with Gasteiger partial charge in [0.05, 0.1) is 12.0 Å². The minimum Gasteiger partial charge on any atom is -0.496 e. The van der Waals surface area contributed by atoms with E-state index in [-0.39, 0.29) is 11.1 Å². The number of imide groups is 1. The molecule has 1 aromatic carbocycles. The van der Waals surface area contributed by atoms with E-state index in [4.69, 9.17) is 4.74 Å². The summed E-state index contributed by atoms with van der Waals surface area (Å²) in [7, 11) is 1.61. The van der Waals surface area contributed by atoms with Gasteiger partial charge in [0.2, 0.25) is 0 Å². The Morgan fingerprint density at radius 2 is 2.12 bits per heavy atom. The molecule has 1 aromatic rings. The first-order chi connectivity index (χ1) is 8.10. The van der Waals surface area contributed by atoms with Crippen LogP contribution in [-0.2, 0) is 4.79 Å². The Balaban J connectivity index is 2.30. The molecule has 0 bridgehead atoms. The van der Waals surface area contributed by atoms with Crippen molar-refractivity contribution in [2.45, 2.75) is 6.92 Å². The number of hydrogen-bond acceptors (Lipinski definition) is 4. The van der Waals surface area contributed by atoms with E-state index in [9.17, 15) is 9.59 Å². The molecule has 1 saturated heterocycles. The Hall–Kier alpha value is -1.75. The van der Waals surface area contributed by atoms with Gasteiger partial charge in [-0.15, -0.1) is 0 Å². The van der Waals surface area contributed by atoms with Gasteiger partial charge in [0.25, 0.3) is 11.1 Å². The molecular formula is C12H11NO3S. The van der Waals surface area contributed by atoms with Crippen molar-refractivity contribution >= 4 is 29.0 Å². The molecule has 1 aliphatic rings. The zero-order valence-corrected chi connectivity index (χ0v) is 10.3. The SMILES string of the molecule is COc1ccc(C=C2SC(=O)NC2=O)cc1C. The number of hydrogen-bond donors (Lipinski definition) is 1. The minimum atomic E-state index is -0.339. The summed E-state index contributed by atoms with van der Waals surface area (Å²) in [6.45, 7) is 1.92. The highest BCUT2D eigenvalue weighted by Crippen LogP contribution is 2.27. The normalized spacial score (nSPS) is 17.4. The molecule has 1 aliphatic heterocycles. The number of amides is 2. The predicted molar refractivity (Wildman–Crippen MR) is 66.8 cm³/mol. The van der Waals surface area contributed by atoms with Crippen molar-refractivity contribution in [3.63, 3.8) is 0 Å². The quantitative estimate of drug-likeness (QED) is 0.817. The molecule has 0 aromatic heterocycles. The van der Waals surface area contributed by atoms with Gasteiger partial charge < -0.3 is 4.74 Å². The Bertz CT molecular complexity index is 522. The second-order valence-corrected chi connectivity index (χ2v) is 4.60. The van der Waals surface area contributed by atoms with Crippen LogP contribution in [0.5, 0.6) is 5.75 Å². The van der Waals surface area contributed by atoms with E-state index in [2.05, 4.69) is 5.32 Å². The number of methoxy groups -OCH3 is 1. The van der Waals surface area contributed by atoms with Gasteiger partial charge in [0, 0.05) is 0 Å². The van der Waals surface area contributed by atoms with Crippen molar-refractivity contribution in [1.82, 2.24) is 5.32 Å². The Morgan fingerprint density at radius 1 is 1.35 bits per heavy atom. The van der Waals surface area contributed by atoms with Crippen LogP contribution in [0.3, 0.4) is 0 Å². The Morgan fingerprint density at radius 3 is 2.65 bits per heavy atom. The molecule has 0 aliphatic carbocycles. The van der Waals surface area contributed by atoms with Crippen LogP contribution in [0.25, 0.3) is 6.08 Å². The van der Waals surface area contributed by atoms with Crippen LogP contribution >= 0.6 is 11.8 Å². The lowest BCUT2D eigenvalue weighted by Crippen LogP contribution is -2.17. The van der Waals surface area contributed by atoms with Crippen LogP contribution in [0.2, 0.25) is 0 Å². The number of thioether (sulfide) groups is 1. The number of rotatable bonds is 2. The first-order valence-corrected chi connectivity index (χ1v) is 5.81. The van der Waals surface area contributed by atoms with E-state index in [0.717, 1.165) is 28.6 Å². The van der Waals surface area contributed by atoms with E-state index >= 15 is 0 Å². The minimum absolute atomic E-state index is 0.327. The smallest absolute Gasteiger partial charge is 0.290 e. The van der Waals surface area contributed by atoms with Crippen LogP contribution in [0.4, 0.5) is 4.79 Å². The monoisotopic (exact) mass is 249 g/mol. The van der Waals surface area contributed by atoms with Crippen molar-refractivity contribution < 1.29 is 14.3 Å². The fraction of sp³-hybridized carbons (Fsp3) is 0.167. The van der Waals surface area contributed by atoms with Crippen LogP contribution in [0.1, 0.15) is 11.1 Å². The van der Waals surface area contributed by atoms with Gasteiger partial charge in [-0.1, -0.05) is 6.07 Å². The summed E-state index contributed by atoms with van der Waals surface area (Å²) in [5.41, 5.74) is 1.85. The third kappa shape index (κ3) is 2.50. The van der Waals surface area contributed by atoms with E-state index < -0.39 is 0 Å². The molecular weight excluding hydrogens is 238 g/mol. The van der Waals surface area contributed by atoms with Crippen LogP contribution < -0.4 is 10.1 Å². The van der Waals surface area contributed by atoms with Crippen LogP contribution in [0, 0.1) is 6.92 Å². The maximum absolute atomic E-state index is 11.4. The molecule has 88 valence electrons. The lowest BCUT2D eigenvalue weighted by molar-refractivity contribution is -0.115. The average molecular weight is 249 g/mol. The van der Waals surface area contributed by atoms with E-state index in [1.165, 1.54) is 0 Å². The zero-order valence-electron chi connectivity index (χ0n) is 9.44. The summed E-state index contributed by atoms with van der Waals surface area (Å²) < 4.78 is 5.15. The highest BCUT2D eigenvalue weighted by Gasteiger charge is 2.24. The molecule has 2 amide bonds. The van der Waals surface area contributed by atoms with Crippen molar-refractivity contribution in [3.8, 4) is 5.75 Å². The Kier molecular flexibility index (Phi) is 3.19. The largest absolute Gasteiger partial charge is 0.496 e. The maximum atomic E-state index is 11.4. The van der Waals surface area contributed by atoms with Gasteiger partial charge >= 0.3 is 0 Å². The van der Waals surface area contributed by atoms with E-state index in [0.29, 0.717) is 4.91 Å². The molecule has 0 radical (unpaired) electrons. The van der Waals surface area contributed by atoms with Crippen molar-refractivity contribution in [2.24, 2.45) is 0 Å². The fourth-order valence-corrected chi connectivity index (χ4v) is 2.25. The second kappa shape index (κ2) is 4.63.